The monoisotopic (exact) mass is 840 g/mol. The molecule has 0 aliphatic rings. The van der Waals surface area contributed by atoms with Gasteiger partial charge in [-0.1, -0.05) is 242 Å². The summed E-state index contributed by atoms with van der Waals surface area (Å²) in [6.45, 7) is 6.34. The van der Waals surface area contributed by atoms with Crippen molar-refractivity contribution in [3.05, 3.63) is 60.8 Å². The van der Waals surface area contributed by atoms with Gasteiger partial charge in [-0.3, -0.25) is 9.59 Å². The summed E-state index contributed by atoms with van der Waals surface area (Å²) in [5, 5.41) is 23.7. The van der Waals surface area contributed by atoms with Gasteiger partial charge in [-0.05, 0) is 44.9 Å². The lowest BCUT2D eigenvalue weighted by atomic mass is 10.0. The zero-order valence-corrected chi connectivity index (χ0v) is 39.6. The average molecular weight is 840 g/mol. The number of hydrogen-bond acceptors (Lipinski definition) is 5. The first-order chi connectivity index (χ1) is 29.5. The summed E-state index contributed by atoms with van der Waals surface area (Å²) >= 11 is 0. The molecule has 0 bridgehead atoms. The standard InChI is InChI=1S/C54H97NO5/c1-4-7-10-13-16-19-22-25-26-29-30-33-36-39-42-45-50(60-54(59)47-44-41-38-35-32-28-24-21-18-15-12-9-6-3)48-53(58)55-51(49-56)52(57)46-43-40-37-34-31-27-23-20-17-14-11-8-5-2/h7,10,16,19,25-26,30,33,39,42,50-52,56-57H,4-6,8-9,11-15,17-18,20-24,27-29,31-32,34-38,40-41,43-49H2,1-3H3,(H,55,58)/b10-7-,19-16-,26-25-,33-30-,42-39-. The van der Waals surface area contributed by atoms with Gasteiger partial charge in [0.15, 0.2) is 0 Å². The lowest BCUT2D eigenvalue weighted by molar-refractivity contribution is -0.150. The van der Waals surface area contributed by atoms with Crippen LogP contribution < -0.4 is 5.32 Å². The Morgan fingerprint density at radius 2 is 0.867 bits per heavy atom. The van der Waals surface area contributed by atoms with E-state index in [1.54, 1.807) is 0 Å². The van der Waals surface area contributed by atoms with E-state index in [9.17, 15) is 19.8 Å². The van der Waals surface area contributed by atoms with E-state index in [0.717, 1.165) is 70.6 Å². The van der Waals surface area contributed by atoms with E-state index in [1.807, 2.05) is 12.2 Å². The number of allylic oxidation sites excluding steroid dienone is 9. The smallest absolute Gasteiger partial charge is 0.306 e. The summed E-state index contributed by atoms with van der Waals surface area (Å²) < 4.78 is 5.86. The molecule has 0 radical (unpaired) electrons. The Kier molecular flexibility index (Phi) is 45.7. The third-order valence-electron chi connectivity index (χ3n) is 11.4. The minimum absolute atomic E-state index is 0.000610. The van der Waals surface area contributed by atoms with Crippen LogP contribution in [0.15, 0.2) is 60.8 Å². The SMILES string of the molecule is CC/C=C\C/C=C\C/C=C\C/C=C\C/C=C\CC(CC(=O)NC(CO)C(O)CCCCCCCCCCCCCCC)OC(=O)CCCCCCCCCCCCCCC. The highest BCUT2D eigenvalue weighted by Gasteiger charge is 2.23. The van der Waals surface area contributed by atoms with Crippen LogP contribution in [-0.2, 0) is 14.3 Å². The van der Waals surface area contributed by atoms with E-state index in [4.69, 9.17) is 4.74 Å². The van der Waals surface area contributed by atoms with Gasteiger partial charge >= 0.3 is 5.97 Å². The van der Waals surface area contributed by atoms with Gasteiger partial charge in [0, 0.05) is 12.8 Å². The molecule has 0 saturated heterocycles. The van der Waals surface area contributed by atoms with E-state index in [2.05, 4.69) is 74.7 Å². The van der Waals surface area contributed by atoms with Crippen molar-refractivity contribution in [2.45, 2.75) is 264 Å². The number of carbonyl (C=O) groups excluding carboxylic acids is 2. The topological polar surface area (TPSA) is 95.9 Å². The van der Waals surface area contributed by atoms with Crippen LogP contribution in [0.3, 0.4) is 0 Å². The highest BCUT2D eigenvalue weighted by atomic mass is 16.5. The number of aliphatic hydroxyl groups is 2. The Morgan fingerprint density at radius 3 is 1.27 bits per heavy atom. The molecule has 0 aromatic heterocycles. The van der Waals surface area contributed by atoms with E-state index in [0.29, 0.717) is 19.3 Å². The molecule has 60 heavy (non-hydrogen) atoms. The second kappa shape index (κ2) is 47.6. The molecule has 0 fully saturated rings. The number of amides is 1. The van der Waals surface area contributed by atoms with E-state index >= 15 is 0 Å². The number of rotatable bonds is 45. The molecule has 0 aliphatic heterocycles. The highest BCUT2D eigenvalue weighted by molar-refractivity contribution is 5.77. The van der Waals surface area contributed by atoms with Gasteiger partial charge in [0.1, 0.15) is 6.10 Å². The lowest BCUT2D eigenvalue weighted by Gasteiger charge is -2.24. The van der Waals surface area contributed by atoms with Gasteiger partial charge in [-0.25, -0.2) is 0 Å². The number of nitrogens with one attached hydrogen (secondary N) is 1. The molecule has 3 atom stereocenters. The average Bonchev–Trinajstić information content (AvgIpc) is 3.24. The fourth-order valence-electron chi connectivity index (χ4n) is 7.51. The Hall–Kier alpha value is -2.44. The van der Waals surface area contributed by atoms with Gasteiger partial charge < -0.3 is 20.3 Å². The van der Waals surface area contributed by atoms with Crippen LogP contribution in [0.2, 0.25) is 0 Å². The molecule has 1 amide bonds. The van der Waals surface area contributed by atoms with Gasteiger partial charge in [-0.2, -0.15) is 0 Å². The third-order valence-corrected chi connectivity index (χ3v) is 11.4. The number of carbonyl (C=O) groups is 2. The van der Waals surface area contributed by atoms with Crippen molar-refractivity contribution < 1.29 is 24.5 Å². The van der Waals surface area contributed by atoms with E-state index in [-0.39, 0.29) is 24.9 Å². The summed E-state index contributed by atoms with van der Waals surface area (Å²) in [5.74, 6) is -0.575. The van der Waals surface area contributed by atoms with Crippen molar-refractivity contribution in [1.82, 2.24) is 5.32 Å². The second-order valence-electron chi connectivity index (χ2n) is 17.2. The van der Waals surface area contributed by atoms with E-state index in [1.165, 1.54) is 128 Å². The Balaban J connectivity index is 4.71. The second-order valence-corrected chi connectivity index (χ2v) is 17.2. The summed E-state index contributed by atoms with van der Waals surface area (Å²) in [4.78, 5) is 26.1. The molecule has 0 spiro atoms. The maximum absolute atomic E-state index is 13.2. The van der Waals surface area contributed by atoms with Crippen LogP contribution in [0.4, 0.5) is 0 Å². The van der Waals surface area contributed by atoms with Crippen LogP contribution in [0.25, 0.3) is 0 Å². The summed E-state index contributed by atoms with van der Waals surface area (Å²) in [6.07, 6.45) is 58.7. The van der Waals surface area contributed by atoms with Crippen molar-refractivity contribution in [1.29, 1.82) is 0 Å². The predicted molar refractivity (Wildman–Crippen MR) is 259 cm³/mol. The zero-order chi connectivity index (χ0) is 43.8. The van der Waals surface area contributed by atoms with Gasteiger partial charge in [0.25, 0.3) is 0 Å². The van der Waals surface area contributed by atoms with Crippen molar-refractivity contribution in [3.8, 4) is 0 Å². The molecule has 6 nitrogen and oxygen atoms in total. The molecular weight excluding hydrogens is 743 g/mol. The normalized spacial score (nSPS) is 13.8. The van der Waals surface area contributed by atoms with Crippen LogP contribution in [-0.4, -0.2) is 46.9 Å². The molecule has 0 aromatic carbocycles. The maximum atomic E-state index is 13.2. The van der Waals surface area contributed by atoms with Crippen molar-refractivity contribution in [2.75, 3.05) is 6.61 Å². The highest BCUT2D eigenvalue weighted by Crippen LogP contribution is 2.17. The van der Waals surface area contributed by atoms with Crippen molar-refractivity contribution in [2.24, 2.45) is 0 Å². The van der Waals surface area contributed by atoms with Crippen molar-refractivity contribution in [3.63, 3.8) is 0 Å². The molecule has 6 heteroatoms. The Morgan fingerprint density at radius 1 is 0.500 bits per heavy atom. The fraction of sp³-hybridized carbons (Fsp3) is 0.778. The first-order valence-electron chi connectivity index (χ1n) is 25.5. The van der Waals surface area contributed by atoms with Crippen LogP contribution in [0, 0.1) is 0 Å². The minimum Gasteiger partial charge on any atom is -0.461 e. The molecule has 3 N–H and O–H groups in total. The molecule has 3 unspecified atom stereocenters. The van der Waals surface area contributed by atoms with Crippen LogP contribution in [0.1, 0.15) is 245 Å². The van der Waals surface area contributed by atoms with Crippen LogP contribution in [0.5, 0.6) is 0 Å². The fourth-order valence-corrected chi connectivity index (χ4v) is 7.51. The Bertz CT molecular complexity index is 1080. The molecule has 0 rings (SSSR count). The summed E-state index contributed by atoms with van der Waals surface area (Å²) in [5.41, 5.74) is 0. The maximum Gasteiger partial charge on any atom is 0.306 e. The molecule has 0 heterocycles. The largest absolute Gasteiger partial charge is 0.461 e. The number of unbranched alkanes of at least 4 members (excludes halogenated alkanes) is 24. The van der Waals surface area contributed by atoms with Gasteiger partial charge in [0.2, 0.25) is 5.91 Å². The molecule has 0 aliphatic carbocycles. The first kappa shape index (κ1) is 57.6. The Labute approximate surface area is 371 Å². The van der Waals surface area contributed by atoms with Gasteiger partial charge in [0.05, 0.1) is 25.2 Å². The van der Waals surface area contributed by atoms with Crippen molar-refractivity contribution >= 4 is 11.9 Å². The zero-order valence-electron chi connectivity index (χ0n) is 39.6. The van der Waals surface area contributed by atoms with E-state index < -0.39 is 18.2 Å². The molecule has 0 aromatic rings. The number of aliphatic hydroxyl groups excluding tert-OH is 2. The van der Waals surface area contributed by atoms with Gasteiger partial charge in [-0.15, -0.1) is 0 Å². The molecule has 348 valence electrons. The molecular formula is C54H97NO5. The summed E-state index contributed by atoms with van der Waals surface area (Å²) in [6, 6.07) is -0.731. The minimum atomic E-state index is -0.811. The number of hydrogen-bond donors (Lipinski definition) is 3. The summed E-state index contributed by atoms with van der Waals surface area (Å²) in [7, 11) is 0. The number of ether oxygens (including phenoxy) is 1. The third kappa shape index (κ3) is 42.3. The number of esters is 1. The predicted octanol–water partition coefficient (Wildman–Crippen LogP) is 15.2. The van der Waals surface area contributed by atoms with Crippen LogP contribution >= 0.6 is 0 Å². The lowest BCUT2D eigenvalue weighted by Crippen LogP contribution is -2.46. The molecule has 0 saturated carbocycles. The first-order valence-corrected chi connectivity index (χ1v) is 25.5. The quantitative estimate of drug-likeness (QED) is 0.0322.